The maximum absolute atomic E-state index is 13.0. The normalized spacial score (nSPS) is 14.6. The van der Waals surface area contributed by atoms with Crippen molar-refractivity contribution in [2.75, 3.05) is 27.3 Å². The van der Waals surface area contributed by atoms with Gasteiger partial charge in [-0.05, 0) is 35.9 Å². The number of carbonyl (C=O) groups excluding carboxylic acids is 1. The fourth-order valence-electron chi connectivity index (χ4n) is 2.78. The maximum atomic E-state index is 13.0. The Morgan fingerprint density at radius 2 is 1.90 bits per heavy atom. The average molecular weight is 408 g/mol. The monoisotopic (exact) mass is 408 g/mol. The van der Waals surface area contributed by atoms with Crippen LogP contribution in [0.5, 0.6) is 17.4 Å². The first kappa shape index (κ1) is 20.5. The van der Waals surface area contributed by atoms with Gasteiger partial charge in [-0.2, -0.15) is 13.2 Å². The smallest absolute Gasteiger partial charge is 0.421 e. The van der Waals surface area contributed by atoms with Crippen LogP contribution in [0.3, 0.4) is 0 Å². The van der Waals surface area contributed by atoms with E-state index >= 15 is 0 Å². The van der Waals surface area contributed by atoms with Gasteiger partial charge in [0.15, 0.2) is 11.5 Å². The van der Waals surface area contributed by atoms with E-state index in [2.05, 4.69) is 4.98 Å². The number of amides is 1. The summed E-state index contributed by atoms with van der Waals surface area (Å²) in [5, 5.41) is 0. The largest absolute Gasteiger partial charge is 0.493 e. The van der Waals surface area contributed by atoms with Crippen molar-refractivity contribution in [3.63, 3.8) is 0 Å². The zero-order chi connectivity index (χ0) is 21.0. The SMILES string of the molecule is COc1ccc(/C=C/C(=O)N2CC(Oc3ncccc3C(F)(F)F)C2)cc1OC. The number of hydrogen-bond acceptors (Lipinski definition) is 5. The minimum absolute atomic E-state index is 0.184. The van der Waals surface area contributed by atoms with Crippen molar-refractivity contribution < 1.29 is 32.2 Å². The lowest BCUT2D eigenvalue weighted by Gasteiger charge is -2.38. The molecule has 0 radical (unpaired) electrons. The summed E-state index contributed by atoms with van der Waals surface area (Å²) in [6.45, 7) is 0.367. The van der Waals surface area contributed by atoms with E-state index in [1.165, 1.54) is 37.5 Å². The Kier molecular flexibility index (Phi) is 5.95. The molecule has 2 heterocycles. The second-order valence-corrected chi connectivity index (χ2v) is 6.28. The molecular formula is C20H19F3N2O4. The summed E-state index contributed by atoms with van der Waals surface area (Å²) < 4.78 is 54.6. The Balaban J connectivity index is 1.57. The van der Waals surface area contributed by atoms with E-state index in [1.54, 1.807) is 24.3 Å². The highest BCUT2D eigenvalue weighted by atomic mass is 19.4. The molecule has 0 N–H and O–H groups in total. The third-order valence-corrected chi connectivity index (χ3v) is 4.34. The van der Waals surface area contributed by atoms with Crippen LogP contribution in [0, 0.1) is 0 Å². The summed E-state index contributed by atoms with van der Waals surface area (Å²) in [6, 6.07) is 7.33. The van der Waals surface area contributed by atoms with Crippen LogP contribution in [-0.2, 0) is 11.0 Å². The zero-order valence-corrected chi connectivity index (χ0v) is 15.8. The molecule has 1 fully saturated rings. The highest BCUT2D eigenvalue weighted by molar-refractivity contribution is 5.92. The van der Waals surface area contributed by atoms with E-state index in [0.29, 0.717) is 11.5 Å². The lowest BCUT2D eigenvalue weighted by atomic mass is 10.1. The van der Waals surface area contributed by atoms with Gasteiger partial charge in [-0.3, -0.25) is 4.79 Å². The molecule has 0 spiro atoms. The molecule has 6 nitrogen and oxygen atoms in total. The molecule has 154 valence electrons. The van der Waals surface area contributed by atoms with Gasteiger partial charge in [-0.15, -0.1) is 0 Å². The fourth-order valence-corrected chi connectivity index (χ4v) is 2.78. The molecule has 1 aliphatic heterocycles. The van der Waals surface area contributed by atoms with Gasteiger partial charge in [0.25, 0.3) is 0 Å². The van der Waals surface area contributed by atoms with Gasteiger partial charge in [0.2, 0.25) is 11.8 Å². The molecule has 1 saturated heterocycles. The molecule has 0 saturated carbocycles. The van der Waals surface area contributed by atoms with Crippen LogP contribution in [0.4, 0.5) is 13.2 Å². The van der Waals surface area contributed by atoms with Crippen LogP contribution in [-0.4, -0.2) is 49.2 Å². The van der Waals surface area contributed by atoms with Crippen molar-refractivity contribution in [3.8, 4) is 17.4 Å². The molecule has 2 aromatic rings. The topological polar surface area (TPSA) is 60.9 Å². The Morgan fingerprint density at radius 1 is 1.17 bits per heavy atom. The van der Waals surface area contributed by atoms with Gasteiger partial charge in [-0.25, -0.2) is 4.98 Å². The van der Waals surface area contributed by atoms with Crippen molar-refractivity contribution >= 4 is 12.0 Å². The molecule has 1 aromatic heterocycles. The van der Waals surface area contributed by atoms with Crippen molar-refractivity contribution in [1.82, 2.24) is 9.88 Å². The van der Waals surface area contributed by atoms with Crippen LogP contribution in [0.2, 0.25) is 0 Å². The number of alkyl halides is 3. The number of likely N-dealkylation sites (tertiary alicyclic amines) is 1. The van der Waals surface area contributed by atoms with E-state index in [0.717, 1.165) is 11.6 Å². The van der Waals surface area contributed by atoms with Gasteiger partial charge in [0.1, 0.15) is 11.7 Å². The van der Waals surface area contributed by atoms with Crippen molar-refractivity contribution in [1.29, 1.82) is 0 Å². The number of nitrogens with zero attached hydrogens (tertiary/aromatic N) is 2. The first-order valence-corrected chi connectivity index (χ1v) is 8.69. The summed E-state index contributed by atoms with van der Waals surface area (Å²) in [4.78, 5) is 17.4. The standard InChI is InChI=1S/C20H19F3N2O4/c1-27-16-7-5-13(10-17(16)28-2)6-8-18(26)25-11-14(12-25)29-19-15(20(21,22)23)4-3-9-24-19/h3-10,14H,11-12H2,1-2H3/b8-6+. The molecule has 0 aliphatic carbocycles. The van der Waals surface area contributed by atoms with Gasteiger partial charge < -0.3 is 19.1 Å². The Bertz CT molecular complexity index is 909. The minimum Gasteiger partial charge on any atom is -0.493 e. The second kappa shape index (κ2) is 8.42. The number of hydrogen-bond donors (Lipinski definition) is 0. The van der Waals surface area contributed by atoms with Crippen molar-refractivity contribution in [2.45, 2.75) is 12.3 Å². The predicted octanol–water partition coefficient (Wildman–Crippen LogP) is 3.42. The quantitative estimate of drug-likeness (QED) is 0.686. The summed E-state index contributed by atoms with van der Waals surface area (Å²) >= 11 is 0. The number of halogens is 3. The first-order valence-electron chi connectivity index (χ1n) is 8.69. The lowest BCUT2D eigenvalue weighted by Crippen LogP contribution is -2.55. The van der Waals surface area contributed by atoms with E-state index in [4.69, 9.17) is 14.2 Å². The van der Waals surface area contributed by atoms with Crippen LogP contribution in [0.1, 0.15) is 11.1 Å². The van der Waals surface area contributed by atoms with Crippen molar-refractivity contribution in [2.24, 2.45) is 0 Å². The van der Waals surface area contributed by atoms with Gasteiger partial charge in [-0.1, -0.05) is 6.07 Å². The highest BCUT2D eigenvalue weighted by Gasteiger charge is 2.38. The van der Waals surface area contributed by atoms with Crippen LogP contribution in [0.15, 0.2) is 42.6 Å². The molecule has 0 bridgehead atoms. The molecule has 9 heteroatoms. The van der Waals surface area contributed by atoms with Crippen LogP contribution in [0.25, 0.3) is 6.08 Å². The van der Waals surface area contributed by atoms with Gasteiger partial charge in [0, 0.05) is 12.3 Å². The third-order valence-electron chi connectivity index (χ3n) is 4.34. The van der Waals surface area contributed by atoms with E-state index in [9.17, 15) is 18.0 Å². The van der Waals surface area contributed by atoms with E-state index < -0.39 is 23.7 Å². The molecule has 0 unspecified atom stereocenters. The average Bonchev–Trinajstić information content (AvgIpc) is 2.67. The van der Waals surface area contributed by atoms with Crippen molar-refractivity contribution in [3.05, 3.63) is 53.7 Å². The third kappa shape index (κ3) is 4.79. The van der Waals surface area contributed by atoms with Gasteiger partial charge in [0.05, 0.1) is 27.3 Å². The number of pyridine rings is 1. The summed E-state index contributed by atoms with van der Waals surface area (Å²) in [7, 11) is 3.05. The molecule has 3 rings (SSSR count). The number of benzene rings is 1. The maximum Gasteiger partial charge on any atom is 0.421 e. The minimum atomic E-state index is -4.55. The molecule has 1 aromatic carbocycles. The number of rotatable bonds is 6. The Hall–Kier alpha value is -3.23. The Labute approximate surface area is 165 Å². The Morgan fingerprint density at radius 3 is 2.55 bits per heavy atom. The molecule has 0 atom stereocenters. The zero-order valence-electron chi connectivity index (χ0n) is 15.8. The molecule has 1 aliphatic rings. The van der Waals surface area contributed by atoms with Gasteiger partial charge >= 0.3 is 6.18 Å². The summed E-state index contributed by atoms with van der Waals surface area (Å²) in [5.74, 6) is 0.372. The highest BCUT2D eigenvalue weighted by Crippen LogP contribution is 2.35. The fraction of sp³-hybridized carbons (Fsp3) is 0.300. The molecule has 29 heavy (non-hydrogen) atoms. The number of ether oxygens (including phenoxy) is 3. The summed E-state index contributed by atoms with van der Waals surface area (Å²) in [6.07, 6.45) is -0.842. The van der Waals surface area contributed by atoms with Crippen LogP contribution >= 0.6 is 0 Å². The number of aromatic nitrogens is 1. The number of methoxy groups -OCH3 is 2. The molecular weight excluding hydrogens is 389 g/mol. The van der Waals surface area contributed by atoms with E-state index in [-0.39, 0.29) is 19.0 Å². The summed E-state index contributed by atoms with van der Waals surface area (Å²) in [5.41, 5.74) is -0.189. The van der Waals surface area contributed by atoms with E-state index in [1.807, 2.05) is 0 Å². The predicted molar refractivity (Wildman–Crippen MR) is 98.8 cm³/mol. The first-order chi connectivity index (χ1) is 13.8. The molecule has 1 amide bonds. The second-order valence-electron chi connectivity index (χ2n) is 6.28. The van der Waals surface area contributed by atoms with Crippen LogP contribution < -0.4 is 14.2 Å². The lowest BCUT2D eigenvalue weighted by molar-refractivity contribution is -0.143. The number of carbonyl (C=O) groups is 1.